The summed E-state index contributed by atoms with van der Waals surface area (Å²) in [5.41, 5.74) is 0. The lowest BCUT2D eigenvalue weighted by molar-refractivity contribution is -0.0197. The smallest absolute Gasteiger partial charge is 0.0975 e. The van der Waals surface area contributed by atoms with Gasteiger partial charge in [-0.2, -0.15) is 0 Å². The molecule has 1 aliphatic rings. The third-order valence-corrected chi connectivity index (χ3v) is 2.13. The van der Waals surface area contributed by atoms with Crippen LogP contribution in [0, 0.1) is 0 Å². The van der Waals surface area contributed by atoms with Crippen molar-refractivity contribution in [2.24, 2.45) is 0 Å². The van der Waals surface area contributed by atoms with Crippen molar-refractivity contribution in [1.29, 1.82) is 0 Å². The maximum absolute atomic E-state index is 9.35. The van der Waals surface area contributed by atoms with Crippen LogP contribution in [0.15, 0.2) is 0 Å². The van der Waals surface area contributed by atoms with E-state index in [9.17, 15) is 15.3 Å². The molecule has 1 fully saturated rings. The monoisotopic (exact) mass is 177 g/mol. The molecule has 5 heteroatoms. The van der Waals surface area contributed by atoms with E-state index in [0.717, 1.165) is 0 Å². The van der Waals surface area contributed by atoms with Gasteiger partial charge in [-0.15, -0.1) is 0 Å². The number of rotatable bonds is 1. The normalized spacial score (nSPS) is 44.0. The number of hydrogen-bond acceptors (Lipinski definition) is 5. The van der Waals surface area contributed by atoms with Crippen LogP contribution >= 0.6 is 0 Å². The summed E-state index contributed by atoms with van der Waals surface area (Å²) in [5.74, 6) is 0. The SMILES string of the molecule is OC[C@@H]1NC[C@H](O)C[C@@H](O)[C@@H]1O. The van der Waals surface area contributed by atoms with Gasteiger partial charge in [-0.3, -0.25) is 0 Å². The summed E-state index contributed by atoms with van der Waals surface area (Å²) in [6.45, 7) is 0.0459. The molecular weight excluding hydrogens is 162 g/mol. The zero-order chi connectivity index (χ0) is 9.14. The number of aliphatic hydroxyl groups excluding tert-OH is 4. The van der Waals surface area contributed by atoms with Gasteiger partial charge in [-0.05, 0) is 0 Å². The van der Waals surface area contributed by atoms with Gasteiger partial charge in [-0.25, -0.2) is 0 Å². The summed E-state index contributed by atoms with van der Waals surface area (Å²) in [6, 6.07) is -0.544. The number of nitrogens with one attached hydrogen (secondary N) is 1. The van der Waals surface area contributed by atoms with Gasteiger partial charge in [-0.1, -0.05) is 0 Å². The predicted octanol–water partition coefficient (Wildman–Crippen LogP) is -2.58. The molecule has 0 bridgehead atoms. The summed E-state index contributed by atoms with van der Waals surface area (Å²) in [4.78, 5) is 0. The number of hydrogen-bond donors (Lipinski definition) is 5. The van der Waals surface area contributed by atoms with Crippen molar-refractivity contribution in [1.82, 2.24) is 5.32 Å². The molecule has 72 valence electrons. The van der Waals surface area contributed by atoms with E-state index in [4.69, 9.17) is 5.11 Å². The molecule has 12 heavy (non-hydrogen) atoms. The molecule has 0 aromatic carbocycles. The van der Waals surface area contributed by atoms with Gasteiger partial charge < -0.3 is 25.7 Å². The quantitative estimate of drug-likeness (QED) is 0.303. The van der Waals surface area contributed by atoms with Crippen molar-refractivity contribution in [3.63, 3.8) is 0 Å². The third kappa shape index (κ3) is 2.15. The summed E-state index contributed by atoms with van der Waals surface area (Å²) >= 11 is 0. The van der Waals surface area contributed by atoms with E-state index in [1.165, 1.54) is 0 Å². The molecular formula is C7H15NO4. The van der Waals surface area contributed by atoms with Gasteiger partial charge in [0, 0.05) is 13.0 Å². The molecule has 1 heterocycles. The van der Waals surface area contributed by atoms with Gasteiger partial charge >= 0.3 is 0 Å². The number of β-amino-alcohol motifs (C(OH)–C–C–N with tert-alkyl or cyclic N) is 1. The third-order valence-electron chi connectivity index (χ3n) is 2.13. The van der Waals surface area contributed by atoms with Crippen molar-refractivity contribution >= 4 is 0 Å². The maximum Gasteiger partial charge on any atom is 0.0975 e. The Hall–Kier alpha value is -0.200. The first-order valence-electron chi connectivity index (χ1n) is 4.03. The second kappa shape index (κ2) is 4.15. The molecule has 0 radical (unpaired) electrons. The molecule has 0 aliphatic carbocycles. The molecule has 0 aromatic rings. The minimum Gasteiger partial charge on any atom is -0.395 e. The fraction of sp³-hybridized carbons (Fsp3) is 1.00. The zero-order valence-corrected chi connectivity index (χ0v) is 6.72. The van der Waals surface area contributed by atoms with Gasteiger partial charge in [0.2, 0.25) is 0 Å². The summed E-state index contributed by atoms with van der Waals surface area (Å²) < 4.78 is 0. The maximum atomic E-state index is 9.35. The lowest BCUT2D eigenvalue weighted by atomic mass is 10.0. The first kappa shape index (κ1) is 9.88. The fourth-order valence-corrected chi connectivity index (χ4v) is 1.35. The van der Waals surface area contributed by atoms with Crippen molar-refractivity contribution in [2.45, 2.75) is 30.8 Å². The molecule has 1 aliphatic heterocycles. The molecule has 0 unspecified atom stereocenters. The molecule has 0 aromatic heterocycles. The minimum atomic E-state index is -1.01. The van der Waals surface area contributed by atoms with Crippen LogP contribution in [0.4, 0.5) is 0 Å². The number of aliphatic hydroxyl groups is 4. The first-order valence-corrected chi connectivity index (χ1v) is 4.03. The van der Waals surface area contributed by atoms with Gasteiger partial charge in [0.25, 0.3) is 0 Å². The van der Waals surface area contributed by atoms with Crippen LogP contribution in [0.2, 0.25) is 0 Å². The van der Waals surface area contributed by atoms with Crippen molar-refractivity contribution in [3.8, 4) is 0 Å². The van der Waals surface area contributed by atoms with E-state index in [1.807, 2.05) is 0 Å². The highest BCUT2D eigenvalue weighted by Crippen LogP contribution is 2.10. The Morgan fingerprint density at radius 1 is 1.25 bits per heavy atom. The lowest BCUT2D eigenvalue weighted by Crippen LogP contribution is -2.46. The standard InChI is InChI=1S/C7H15NO4/c9-3-5-7(12)6(11)1-4(10)2-8-5/h4-12H,1-3H2/t4-,5+,6-,7-/m1/s1. The highest BCUT2D eigenvalue weighted by molar-refractivity contribution is 4.87. The largest absolute Gasteiger partial charge is 0.395 e. The Morgan fingerprint density at radius 2 is 1.92 bits per heavy atom. The van der Waals surface area contributed by atoms with Crippen LogP contribution in [0.5, 0.6) is 0 Å². The second-order valence-electron chi connectivity index (χ2n) is 3.14. The molecule has 5 nitrogen and oxygen atoms in total. The average Bonchev–Trinajstić information content (AvgIpc) is 2.14. The van der Waals surface area contributed by atoms with E-state index in [2.05, 4.69) is 5.32 Å². The van der Waals surface area contributed by atoms with Crippen LogP contribution in [0.1, 0.15) is 6.42 Å². The Bertz CT molecular complexity index is 143. The van der Waals surface area contributed by atoms with Crippen LogP contribution < -0.4 is 5.32 Å². The van der Waals surface area contributed by atoms with Gasteiger partial charge in [0.05, 0.1) is 31.0 Å². The van der Waals surface area contributed by atoms with Crippen LogP contribution in [-0.4, -0.2) is 57.9 Å². The molecule has 1 saturated heterocycles. The molecule has 1 rings (SSSR count). The van der Waals surface area contributed by atoms with Crippen LogP contribution in [0.25, 0.3) is 0 Å². The first-order chi connectivity index (χ1) is 5.65. The van der Waals surface area contributed by atoms with Gasteiger partial charge in [0.15, 0.2) is 0 Å². The highest BCUT2D eigenvalue weighted by Gasteiger charge is 2.30. The van der Waals surface area contributed by atoms with E-state index in [0.29, 0.717) is 6.54 Å². The van der Waals surface area contributed by atoms with Crippen LogP contribution in [-0.2, 0) is 0 Å². The molecule has 4 atom stereocenters. The Balaban J connectivity index is 2.56. The van der Waals surface area contributed by atoms with E-state index in [-0.39, 0.29) is 13.0 Å². The summed E-state index contributed by atoms with van der Waals surface area (Å²) in [6.07, 6.45) is -2.49. The Morgan fingerprint density at radius 3 is 2.50 bits per heavy atom. The molecule has 0 spiro atoms. The van der Waals surface area contributed by atoms with E-state index < -0.39 is 24.4 Å². The predicted molar refractivity (Wildman–Crippen MR) is 41.5 cm³/mol. The topological polar surface area (TPSA) is 93.0 Å². The van der Waals surface area contributed by atoms with Crippen molar-refractivity contribution in [2.75, 3.05) is 13.2 Å². The van der Waals surface area contributed by atoms with Crippen LogP contribution in [0.3, 0.4) is 0 Å². The van der Waals surface area contributed by atoms with E-state index >= 15 is 0 Å². The summed E-state index contributed by atoms with van der Waals surface area (Å²) in [7, 11) is 0. The molecule has 0 amide bonds. The molecule has 5 N–H and O–H groups in total. The van der Waals surface area contributed by atoms with E-state index in [1.54, 1.807) is 0 Å². The average molecular weight is 177 g/mol. The van der Waals surface area contributed by atoms with Gasteiger partial charge in [0.1, 0.15) is 0 Å². The van der Waals surface area contributed by atoms with Crippen molar-refractivity contribution < 1.29 is 20.4 Å². The molecule has 0 saturated carbocycles. The minimum absolute atomic E-state index is 0.144. The lowest BCUT2D eigenvalue weighted by Gasteiger charge is -2.21. The Kier molecular flexibility index (Phi) is 3.42. The Labute approximate surface area is 70.6 Å². The second-order valence-corrected chi connectivity index (χ2v) is 3.14. The van der Waals surface area contributed by atoms with Crippen molar-refractivity contribution in [3.05, 3.63) is 0 Å². The fourth-order valence-electron chi connectivity index (χ4n) is 1.35. The zero-order valence-electron chi connectivity index (χ0n) is 6.72. The summed E-state index contributed by atoms with van der Waals surface area (Å²) in [5, 5.41) is 39.3. The highest BCUT2D eigenvalue weighted by atomic mass is 16.3.